The van der Waals surface area contributed by atoms with E-state index in [4.69, 9.17) is 0 Å². The van der Waals surface area contributed by atoms with Gasteiger partial charge in [0, 0.05) is 0 Å². The van der Waals surface area contributed by atoms with Gasteiger partial charge in [-0.15, -0.1) is 0 Å². The summed E-state index contributed by atoms with van der Waals surface area (Å²) in [6.07, 6.45) is 3.85. The Hall–Kier alpha value is -0.330. The van der Waals surface area contributed by atoms with Crippen molar-refractivity contribution in [2.24, 2.45) is 0 Å². The van der Waals surface area contributed by atoms with Gasteiger partial charge in [-0.2, -0.15) is 0 Å². The number of allylic oxidation sites excluding steroid dienone is 1. The minimum Gasteiger partial charge on any atom is -0.247 e. The maximum absolute atomic E-state index is 12.6. The lowest BCUT2D eigenvalue weighted by molar-refractivity contribution is 0.302. The van der Waals surface area contributed by atoms with E-state index in [0.717, 1.165) is 25.7 Å². The van der Waals surface area contributed by atoms with Crippen LogP contribution in [0.5, 0.6) is 0 Å². The lowest BCUT2D eigenvalue weighted by Gasteiger charge is -1.98. The van der Waals surface area contributed by atoms with Crippen molar-refractivity contribution in [1.82, 2.24) is 0 Å². The zero-order valence-corrected chi connectivity index (χ0v) is 5.70. The maximum atomic E-state index is 12.6. The van der Waals surface area contributed by atoms with Gasteiger partial charge in [0.25, 0.3) is 0 Å². The summed E-state index contributed by atoms with van der Waals surface area (Å²) in [6, 6.07) is 0. The zero-order valence-electron chi connectivity index (χ0n) is 5.70. The Kier molecular flexibility index (Phi) is 2.26. The molecule has 0 unspecified atom stereocenters. The molecule has 1 atom stereocenters. The Morgan fingerprint density at radius 1 is 1.33 bits per heavy atom. The third-order valence-electron chi connectivity index (χ3n) is 1.86. The highest BCUT2D eigenvalue weighted by Gasteiger charge is 2.11. The lowest BCUT2D eigenvalue weighted by Crippen LogP contribution is -1.94. The van der Waals surface area contributed by atoms with E-state index in [0.29, 0.717) is 6.42 Å². The number of halogens is 1. The van der Waals surface area contributed by atoms with E-state index < -0.39 is 6.17 Å². The molecule has 0 N–H and O–H groups in total. The molecule has 9 heavy (non-hydrogen) atoms. The highest BCUT2D eigenvalue weighted by atomic mass is 19.1. The fourth-order valence-electron chi connectivity index (χ4n) is 1.20. The molecule has 0 aromatic heterocycles. The van der Waals surface area contributed by atoms with Gasteiger partial charge < -0.3 is 0 Å². The molecule has 0 radical (unpaired) electrons. The molecule has 1 aliphatic carbocycles. The van der Waals surface area contributed by atoms with Crippen LogP contribution in [-0.4, -0.2) is 6.17 Å². The summed E-state index contributed by atoms with van der Waals surface area (Å²) < 4.78 is 12.6. The molecular weight excluding hydrogens is 115 g/mol. The zero-order chi connectivity index (χ0) is 6.69. The first-order valence-electron chi connectivity index (χ1n) is 3.60. The topological polar surface area (TPSA) is 0 Å². The number of alkyl halides is 1. The molecule has 0 aromatic rings. The Morgan fingerprint density at radius 2 is 2.11 bits per heavy atom. The molecule has 0 aliphatic heterocycles. The van der Waals surface area contributed by atoms with Crippen molar-refractivity contribution in [3.8, 4) is 0 Å². The molecule has 0 aromatic carbocycles. The summed E-state index contributed by atoms with van der Waals surface area (Å²) in [6.45, 7) is 3.84. The highest BCUT2D eigenvalue weighted by Crippen LogP contribution is 2.22. The average molecular weight is 128 g/mol. The first-order valence-corrected chi connectivity index (χ1v) is 3.60. The van der Waals surface area contributed by atoms with E-state index in [9.17, 15) is 4.39 Å². The van der Waals surface area contributed by atoms with E-state index in [2.05, 4.69) is 6.58 Å². The van der Waals surface area contributed by atoms with Crippen molar-refractivity contribution >= 4 is 0 Å². The second kappa shape index (κ2) is 3.00. The third kappa shape index (κ3) is 2.17. The van der Waals surface area contributed by atoms with Crippen LogP contribution in [0, 0.1) is 0 Å². The SMILES string of the molecule is C=C1CCC[C@H](F)CC1. The van der Waals surface area contributed by atoms with Gasteiger partial charge in [-0.05, 0) is 32.1 Å². The van der Waals surface area contributed by atoms with E-state index in [1.807, 2.05) is 0 Å². The highest BCUT2D eigenvalue weighted by molar-refractivity contribution is 4.96. The Balaban J connectivity index is 2.34. The van der Waals surface area contributed by atoms with Crippen molar-refractivity contribution < 1.29 is 4.39 Å². The predicted octanol–water partition coefficient (Wildman–Crippen LogP) is 2.84. The van der Waals surface area contributed by atoms with Gasteiger partial charge in [-0.3, -0.25) is 0 Å². The van der Waals surface area contributed by atoms with Gasteiger partial charge in [0.2, 0.25) is 0 Å². The Labute approximate surface area is 55.8 Å². The fourth-order valence-corrected chi connectivity index (χ4v) is 1.20. The maximum Gasteiger partial charge on any atom is 0.100 e. The number of hydrogen-bond acceptors (Lipinski definition) is 0. The van der Waals surface area contributed by atoms with Crippen LogP contribution < -0.4 is 0 Å². The van der Waals surface area contributed by atoms with Crippen molar-refractivity contribution in [3.63, 3.8) is 0 Å². The van der Waals surface area contributed by atoms with Crippen LogP contribution in [0.4, 0.5) is 4.39 Å². The standard InChI is InChI=1S/C8H13F/c1-7-3-2-4-8(9)6-5-7/h8H,1-6H2/t8-/m0/s1. The van der Waals surface area contributed by atoms with Gasteiger partial charge in [-0.25, -0.2) is 4.39 Å². The van der Waals surface area contributed by atoms with Crippen LogP contribution in [0.2, 0.25) is 0 Å². The van der Waals surface area contributed by atoms with Crippen LogP contribution in [0.1, 0.15) is 32.1 Å². The molecule has 1 fully saturated rings. The number of hydrogen-bond donors (Lipinski definition) is 0. The summed E-state index contributed by atoms with van der Waals surface area (Å²) in [5.74, 6) is 0. The lowest BCUT2D eigenvalue weighted by atomic mass is 10.1. The van der Waals surface area contributed by atoms with Gasteiger partial charge in [0.05, 0.1) is 0 Å². The molecule has 0 amide bonds. The largest absolute Gasteiger partial charge is 0.247 e. The normalized spacial score (nSPS) is 29.9. The van der Waals surface area contributed by atoms with Gasteiger partial charge in [0.1, 0.15) is 6.17 Å². The minimum atomic E-state index is -0.552. The summed E-state index contributed by atoms with van der Waals surface area (Å²) in [5, 5.41) is 0. The molecule has 0 heterocycles. The second-order valence-electron chi connectivity index (χ2n) is 2.78. The minimum absolute atomic E-state index is 0.552. The monoisotopic (exact) mass is 128 g/mol. The third-order valence-corrected chi connectivity index (χ3v) is 1.86. The Morgan fingerprint density at radius 3 is 2.89 bits per heavy atom. The molecule has 1 heteroatoms. The van der Waals surface area contributed by atoms with Crippen molar-refractivity contribution in [3.05, 3.63) is 12.2 Å². The van der Waals surface area contributed by atoms with Crippen LogP contribution >= 0.6 is 0 Å². The van der Waals surface area contributed by atoms with Gasteiger partial charge in [-0.1, -0.05) is 12.2 Å². The molecule has 0 saturated heterocycles. The summed E-state index contributed by atoms with van der Waals surface area (Å²) in [5.41, 5.74) is 1.23. The van der Waals surface area contributed by atoms with Crippen LogP contribution in [0.15, 0.2) is 12.2 Å². The molecular formula is C8H13F. The van der Waals surface area contributed by atoms with Gasteiger partial charge in [0.15, 0.2) is 0 Å². The summed E-state index contributed by atoms with van der Waals surface area (Å²) in [7, 11) is 0. The van der Waals surface area contributed by atoms with Crippen molar-refractivity contribution in [2.45, 2.75) is 38.3 Å². The first kappa shape index (κ1) is 6.79. The summed E-state index contributed by atoms with van der Waals surface area (Å²) >= 11 is 0. The van der Waals surface area contributed by atoms with E-state index >= 15 is 0 Å². The second-order valence-corrected chi connectivity index (χ2v) is 2.78. The van der Waals surface area contributed by atoms with Crippen molar-refractivity contribution in [2.75, 3.05) is 0 Å². The molecule has 52 valence electrons. The Bertz CT molecular complexity index is 107. The van der Waals surface area contributed by atoms with Crippen molar-refractivity contribution in [1.29, 1.82) is 0 Å². The van der Waals surface area contributed by atoms with E-state index in [1.54, 1.807) is 0 Å². The fraction of sp³-hybridized carbons (Fsp3) is 0.750. The molecule has 1 saturated carbocycles. The smallest absolute Gasteiger partial charge is 0.100 e. The van der Waals surface area contributed by atoms with E-state index in [1.165, 1.54) is 5.57 Å². The van der Waals surface area contributed by atoms with Crippen LogP contribution in [0.25, 0.3) is 0 Å². The van der Waals surface area contributed by atoms with Crippen LogP contribution in [0.3, 0.4) is 0 Å². The van der Waals surface area contributed by atoms with E-state index in [-0.39, 0.29) is 0 Å². The number of rotatable bonds is 0. The van der Waals surface area contributed by atoms with Crippen LogP contribution in [-0.2, 0) is 0 Å². The molecule has 1 rings (SSSR count). The molecule has 1 aliphatic rings. The average Bonchev–Trinajstić information content (AvgIpc) is 1.97. The first-order chi connectivity index (χ1) is 4.29. The molecule has 0 bridgehead atoms. The molecule has 0 nitrogen and oxygen atoms in total. The predicted molar refractivity (Wildman–Crippen MR) is 37.1 cm³/mol. The van der Waals surface area contributed by atoms with Gasteiger partial charge >= 0.3 is 0 Å². The summed E-state index contributed by atoms with van der Waals surface area (Å²) in [4.78, 5) is 0. The quantitative estimate of drug-likeness (QED) is 0.347. The molecule has 0 spiro atoms.